The normalized spacial score (nSPS) is 12.7. The summed E-state index contributed by atoms with van der Waals surface area (Å²) in [6.07, 6.45) is 0.256. The van der Waals surface area contributed by atoms with Crippen LogP contribution in [0.15, 0.2) is 218 Å². The van der Waals surface area contributed by atoms with Gasteiger partial charge in [-0.2, -0.15) is 0 Å². The quantitative estimate of drug-likeness (QED) is 0.0486. The van der Waals surface area contributed by atoms with E-state index in [1.165, 1.54) is 11.1 Å². The first-order valence-corrected chi connectivity index (χ1v) is 29.8. The van der Waals surface area contributed by atoms with Gasteiger partial charge < -0.3 is 25.0 Å². The topological polar surface area (TPSA) is 97.0 Å². The van der Waals surface area contributed by atoms with Crippen LogP contribution in [-0.4, -0.2) is 72.4 Å². The molecule has 2 N–H and O–H groups in total. The fraction of sp³-hybridized carbons (Fsp3) is 0.271. The van der Waals surface area contributed by atoms with Crippen molar-refractivity contribution in [2.45, 2.75) is 80.9 Å². The van der Waals surface area contributed by atoms with Crippen molar-refractivity contribution in [1.82, 2.24) is 15.5 Å². The standard InChI is InChI=1S/C70H73N3O5S2/c1-51-37-41-57(42-38-51)69(53-24-10-6-11-25-53,54-26-12-7-13-27-54)79-48-46-73(47-49-80-70(55-28-14-8-15-29-55,56-30-16-9-17-31-56)58-43-39-52(2)40-44-58)65(74)64(36-22-23-45-71-66(75)78-68(3,4)5)72-67(76)77-50-63-61-34-20-18-32-59(61)60-33-19-21-35-62(60)63/h6-21,24-35,37-44,63-64H,22-23,36,45-50H2,1-5H3,(H,71,75)(H,72,76)/t64-/m0/s1. The summed E-state index contributed by atoms with van der Waals surface area (Å²) in [6, 6.07) is 75.7. The van der Waals surface area contributed by atoms with Crippen LogP contribution in [0.5, 0.6) is 0 Å². The highest BCUT2D eigenvalue weighted by Crippen LogP contribution is 2.50. The van der Waals surface area contributed by atoms with E-state index >= 15 is 4.79 Å². The lowest BCUT2D eigenvalue weighted by Crippen LogP contribution is -2.50. The van der Waals surface area contributed by atoms with Crippen LogP contribution in [0.2, 0.25) is 0 Å². The third-order valence-electron chi connectivity index (χ3n) is 14.8. The van der Waals surface area contributed by atoms with E-state index in [1.807, 2.05) is 73.5 Å². The van der Waals surface area contributed by atoms with Gasteiger partial charge in [-0.3, -0.25) is 4.79 Å². The lowest BCUT2D eigenvalue weighted by molar-refractivity contribution is -0.133. The molecule has 0 saturated heterocycles. The van der Waals surface area contributed by atoms with Crippen molar-refractivity contribution in [3.63, 3.8) is 0 Å². The second-order valence-corrected chi connectivity index (χ2v) is 24.1. The lowest BCUT2D eigenvalue weighted by atomic mass is 9.84. The van der Waals surface area contributed by atoms with Gasteiger partial charge in [0.05, 0.1) is 9.49 Å². The summed E-state index contributed by atoms with van der Waals surface area (Å²) in [4.78, 5) is 44.8. The molecule has 8 nitrogen and oxygen atoms in total. The van der Waals surface area contributed by atoms with Gasteiger partial charge in [0.25, 0.3) is 0 Å². The molecule has 1 atom stereocenters. The maximum absolute atomic E-state index is 15.8. The van der Waals surface area contributed by atoms with E-state index in [9.17, 15) is 9.59 Å². The number of nitrogens with zero attached hydrogens (tertiary/aromatic N) is 1. The Bertz CT molecular complexity index is 3020. The Labute approximate surface area is 482 Å². The molecule has 1 aliphatic carbocycles. The number of hydrogen-bond acceptors (Lipinski definition) is 7. The van der Waals surface area contributed by atoms with Gasteiger partial charge in [0.15, 0.2) is 0 Å². The molecule has 0 heterocycles. The molecule has 0 fully saturated rings. The van der Waals surface area contributed by atoms with E-state index in [1.54, 1.807) is 0 Å². The van der Waals surface area contributed by atoms with Crippen molar-refractivity contribution in [2.75, 3.05) is 37.7 Å². The largest absolute Gasteiger partial charge is 0.449 e. The number of aryl methyl sites for hydroxylation is 2. The van der Waals surface area contributed by atoms with Gasteiger partial charge in [-0.25, -0.2) is 9.59 Å². The number of carbonyl (C=O) groups is 3. The van der Waals surface area contributed by atoms with Gasteiger partial charge >= 0.3 is 12.2 Å². The second-order valence-electron chi connectivity index (χ2n) is 21.5. The molecule has 0 unspecified atom stereocenters. The van der Waals surface area contributed by atoms with Gasteiger partial charge in [-0.05, 0) is 110 Å². The molecule has 8 aromatic carbocycles. The van der Waals surface area contributed by atoms with E-state index in [4.69, 9.17) is 9.47 Å². The fourth-order valence-corrected chi connectivity index (χ4v) is 14.0. The zero-order valence-electron chi connectivity index (χ0n) is 46.6. The SMILES string of the molecule is Cc1ccc(C(SCCN(CCSC(c2ccccc2)(c2ccccc2)c2ccc(C)cc2)C(=O)[C@H](CCCCNC(=O)OC(C)(C)C)NC(=O)OCC2c3ccccc3-c3ccccc32)(c2ccccc2)c2ccccc2)cc1. The van der Waals surface area contributed by atoms with Crippen molar-refractivity contribution < 1.29 is 23.9 Å². The van der Waals surface area contributed by atoms with E-state index in [2.05, 4.69) is 219 Å². The Hall–Kier alpha value is -7.53. The molecule has 0 radical (unpaired) electrons. The van der Waals surface area contributed by atoms with Crippen LogP contribution < -0.4 is 10.6 Å². The van der Waals surface area contributed by atoms with Gasteiger partial charge in [0.2, 0.25) is 5.91 Å². The second kappa shape index (κ2) is 26.6. The van der Waals surface area contributed by atoms with E-state index in [0.717, 1.165) is 55.6 Å². The monoisotopic (exact) mass is 1100 g/mol. The van der Waals surface area contributed by atoms with Crippen LogP contribution in [-0.2, 0) is 23.8 Å². The minimum absolute atomic E-state index is 0.109. The molecular formula is C70H73N3O5S2. The summed E-state index contributed by atoms with van der Waals surface area (Å²) in [5.41, 5.74) is 13.0. The molecular weight excluding hydrogens is 1030 g/mol. The number of thioether (sulfide) groups is 2. The van der Waals surface area contributed by atoms with Crippen molar-refractivity contribution in [2.24, 2.45) is 0 Å². The highest BCUT2D eigenvalue weighted by Gasteiger charge is 2.40. The number of ether oxygens (including phenoxy) is 2. The van der Waals surface area contributed by atoms with Crippen molar-refractivity contribution in [1.29, 1.82) is 0 Å². The molecule has 0 aromatic heterocycles. The van der Waals surface area contributed by atoms with E-state index < -0.39 is 33.3 Å². The maximum Gasteiger partial charge on any atom is 0.407 e. The van der Waals surface area contributed by atoms with Crippen LogP contribution in [0.25, 0.3) is 11.1 Å². The summed E-state index contributed by atoms with van der Waals surface area (Å²) < 4.78 is 10.4. The molecule has 80 heavy (non-hydrogen) atoms. The van der Waals surface area contributed by atoms with Crippen LogP contribution in [0.1, 0.15) is 102 Å². The first kappa shape index (κ1) is 57.2. The molecule has 3 amide bonds. The summed E-state index contributed by atoms with van der Waals surface area (Å²) in [5, 5.41) is 5.97. The Balaban J connectivity index is 1.05. The van der Waals surface area contributed by atoms with Gasteiger partial charge in [0, 0.05) is 37.1 Å². The number of fused-ring (bicyclic) bond motifs is 3. The zero-order chi connectivity index (χ0) is 56.0. The molecule has 0 aliphatic heterocycles. The number of benzene rings is 8. The lowest BCUT2D eigenvalue weighted by Gasteiger charge is -2.38. The Morgan fingerprint density at radius 2 is 0.887 bits per heavy atom. The minimum Gasteiger partial charge on any atom is -0.449 e. The zero-order valence-corrected chi connectivity index (χ0v) is 48.2. The van der Waals surface area contributed by atoms with Gasteiger partial charge in [-0.15, -0.1) is 23.5 Å². The molecule has 0 bridgehead atoms. The third-order valence-corrected chi connectivity index (χ3v) is 17.9. The molecule has 10 heteroatoms. The first-order chi connectivity index (χ1) is 38.9. The van der Waals surface area contributed by atoms with Crippen LogP contribution >= 0.6 is 23.5 Å². The minimum atomic E-state index is -0.933. The van der Waals surface area contributed by atoms with Gasteiger partial charge in [-0.1, -0.05) is 230 Å². The summed E-state index contributed by atoms with van der Waals surface area (Å²) in [7, 11) is 0. The number of alkyl carbamates (subject to hydrolysis) is 2. The summed E-state index contributed by atoms with van der Waals surface area (Å²) in [6.45, 7) is 10.9. The van der Waals surface area contributed by atoms with Crippen LogP contribution in [0.4, 0.5) is 9.59 Å². The average molecular weight is 1100 g/mol. The smallest absolute Gasteiger partial charge is 0.407 e. The molecule has 9 rings (SSSR count). The molecule has 1 aliphatic rings. The first-order valence-electron chi connectivity index (χ1n) is 27.9. The number of nitrogens with one attached hydrogen (secondary N) is 2. The number of unbranched alkanes of at least 4 members (excludes halogenated alkanes) is 1. The van der Waals surface area contributed by atoms with Crippen molar-refractivity contribution in [3.05, 3.63) is 274 Å². The van der Waals surface area contributed by atoms with Crippen molar-refractivity contribution >= 4 is 41.6 Å². The highest BCUT2D eigenvalue weighted by molar-refractivity contribution is 8.00. The van der Waals surface area contributed by atoms with E-state index in [-0.39, 0.29) is 18.4 Å². The van der Waals surface area contributed by atoms with E-state index in [0.29, 0.717) is 50.4 Å². The predicted molar refractivity (Wildman–Crippen MR) is 329 cm³/mol. The number of hydrogen-bond donors (Lipinski definition) is 2. The van der Waals surface area contributed by atoms with Crippen LogP contribution in [0, 0.1) is 13.8 Å². The molecule has 0 spiro atoms. The Kier molecular flexibility index (Phi) is 19.0. The highest BCUT2D eigenvalue weighted by atomic mass is 32.2. The molecule has 410 valence electrons. The average Bonchev–Trinajstić information content (AvgIpc) is 3.80. The predicted octanol–water partition coefficient (Wildman–Crippen LogP) is 15.5. The Morgan fingerprint density at radius 1 is 0.500 bits per heavy atom. The number of rotatable bonds is 23. The fourth-order valence-electron chi connectivity index (χ4n) is 11.0. The third kappa shape index (κ3) is 13.5. The van der Waals surface area contributed by atoms with Crippen LogP contribution in [0.3, 0.4) is 0 Å². The molecule has 0 saturated carbocycles. The summed E-state index contributed by atoms with van der Waals surface area (Å²) in [5.74, 6) is 0.774. The number of amides is 3. The Morgan fingerprint density at radius 3 is 1.30 bits per heavy atom. The van der Waals surface area contributed by atoms with Gasteiger partial charge in [0.1, 0.15) is 18.2 Å². The summed E-state index contributed by atoms with van der Waals surface area (Å²) >= 11 is 3.63. The molecule has 8 aromatic rings. The van der Waals surface area contributed by atoms with Crippen molar-refractivity contribution in [3.8, 4) is 11.1 Å². The maximum atomic E-state index is 15.8. The number of carbonyl (C=O) groups excluding carboxylic acids is 3.